The van der Waals surface area contributed by atoms with E-state index in [9.17, 15) is 0 Å². The minimum Gasteiger partial charge on any atom is -0.379 e. The summed E-state index contributed by atoms with van der Waals surface area (Å²) in [6.07, 6.45) is 1.13. The second-order valence-corrected chi connectivity index (χ2v) is 6.05. The van der Waals surface area contributed by atoms with Crippen LogP contribution in [-0.2, 0) is 6.42 Å². The van der Waals surface area contributed by atoms with E-state index in [1.165, 1.54) is 22.4 Å². The highest BCUT2D eigenvalue weighted by Gasteiger charge is 2.15. The molecule has 1 aliphatic heterocycles. The molecule has 2 nitrogen and oxygen atoms in total. The number of anilines is 1. The zero-order valence-corrected chi connectivity index (χ0v) is 14.1. The van der Waals surface area contributed by atoms with Gasteiger partial charge in [-0.2, -0.15) is 0 Å². The number of nitrogens with one attached hydrogen (secondary N) is 2. The summed E-state index contributed by atoms with van der Waals surface area (Å²) >= 11 is 0. The van der Waals surface area contributed by atoms with Crippen LogP contribution in [0.5, 0.6) is 0 Å². The van der Waals surface area contributed by atoms with Gasteiger partial charge in [-0.1, -0.05) is 43.3 Å². The van der Waals surface area contributed by atoms with E-state index in [2.05, 4.69) is 73.0 Å². The summed E-state index contributed by atoms with van der Waals surface area (Å²) in [5.74, 6) is 0.580. The first kappa shape index (κ1) is 16.9. The fourth-order valence-corrected chi connectivity index (χ4v) is 3.10. The van der Waals surface area contributed by atoms with E-state index in [0.717, 1.165) is 19.5 Å². The monoisotopic (exact) mass is 316 g/mol. The van der Waals surface area contributed by atoms with Crippen LogP contribution in [0.15, 0.2) is 48.5 Å². The maximum Gasteiger partial charge on any atom is 0.0485 e. The Labute approximate surface area is 139 Å². The average Bonchev–Trinajstić information content (AvgIpc) is 2.70. The summed E-state index contributed by atoms with van der Waals surface area (Å²) in [5.41, 5.74) is 5.52. The highest BCUT2D eigenvalue weighted by molar-refractivity contribution is 5.85. The molecular weight excluding hydrogens is 292 g/mol. The predicted octanol–water partition coefficient (Wildman–Crippen LogP) is 4.53. The number of hydrogen-bond acceptors (Lipinski definition) is 2. The molecule has 2 atom stereocenters. The van der Waals surface area contributed by atoms with Gasteiger partial charge >= 0.3 is 0 Å². The van der Waals surface area contributed by atoms with Crippen molar-refractivity contribution in [2.45, 2.75) is 32.2 Å². The van der Waals surface area contributed by atoms with Crippen molar-refractivity contribution in [1.82, 2.24) is 5.32 Å². The molecule has 0 radical (unpaired) electrons. The summed E-state index contributed by atoms with van der Waals surface area (Å²) in [6.45, 7) is 6.68. The normalized spacial score (nSPS) is 18.5. The van der Waals surface area contributed by atoms with Gasteiger partial charge in [0.2, 0.25) is 0 Å². The Kier molecular flexibility index (Phi) is 5.87. The summed E-state index contributed by atoms with van der Waals surface area (Å²) in [7, 11) is 0. The first-order valence-electron chi connectivity index (χ1n) is 7.89. The Hall–Kier alpha value is -1.51. The molecule has 2 aromatic rings. The Morgan fingerprint density at radius 2 is 1.91 bits per heavy atom. The van der Waals surface area contributed by atoms with Crippen molar-refractivity contribution in [3.63, 3.8) is 0 Å². The molecule has 0 spiro atoms. The van der Waals surface area contributed by atoms with Crippen LogP contribution in [0.1, 0.15) is 42.5 Å². The topological polar surface area (TPSA) is 24.1 Å². The molecule has 118 valence electrons. The lowest BCUT2D eigenvalue weighted by Crippen LogP contribution is -2.18. The van der Waals surface area contributed by atoms with Gasteiger partial charge in [0.15, 0.2) is 0 Å². The third-order valence-corrected chi connectivity index (χ3v) is 4.38. The molecule has 0 saturated carbocycles. The van der Waals surface area contributed by atoms with E-state index < -0.39 is 0 Å². The van der Waals surface area contributed by atoms with E-state index in [4.69, 9.17) is 0 Å². The van der Waals surface area contributed by atoms with Gasteiger partial charge in [0.05, 0.1) is 0 Å². The fraction of sp³-hybridized carbons (Fsp3) is 0.368. The van der Waals surface area contributed by atoms with E-state index >= 15 is 0 Å². The molecule has 3 heteroatoms. The number of halogens is 1. The minimum atomic E-state index is 0. The zero-order chi connectivity index (χ0) is 14.7. The molecule has 2 N–H and O–H groups in total. The smallest absolute Gasteiger partial charge is 0.0485 e. The molecule has 0 unspecified atom stereocenters. The van der Waals surface area contributed by atoms with Crippen molar-refractivity contribution < 1.29 is 0 Å². The van der Waals surface area contributed by atoms with Crippen LogP contribution in [0.2, 0.25) is 0 Å². The van der Waals surface area contributed by atoms with Crippen molar-refractivity contribution in [2.75, 3.05) is 18.4 Å². The molecule has 0 amide bonds. The van der Waals surface area contributed by atoms with Gasteiger partial charge in [-0.25, -0.2) is 0 Å². The van der Waals surface area contributed by atoms with Gasteiger partial charge in [-0.05, 0) is 54.6 Å². The van der Waals surface area contributed by atoms with Crippen LogP contribution in [-0.4, -0.2) is 13.1 Å². The Balaban J connectivity index is 0.00000176. The molecule has 22 heavy (non-hydrogen) atoms. The zero-order valence-electron chi connectivity index (χ0n) is 13.3. The molecule has 0 bridgehead atoms. The van der Waals surface area contributed by atoms with Crippen LogP contribution < -0.4 is 10.6 Å². The summed E-state index contributed by atoms with van der Waals surface area (Å²) in [5, 5.41) is 7.14. The molecule has 0 aliphatic carbocycles. The third-order valence-electron chi connectivity index (χ3n) is 4.38. The first-order chi connectivity index (χ1) is 10.2. The average molecular weight is 317 g/mol. The van der Waals surface area contributed by atoms with Crippen LogP contribution in [0.25, 0.3) is 0 Å². The lowest BCUT2D eigenvalue weighted by molar-refractivity contribution is 0.644. The number of fused-ring (bicyclic) bond motifs is 1. The van der Waals surface area contributed by atoms with Gasteiger partial charge in [0.1, 0.15) is 0 Å². The molecule has 1 heterocycles. The lowest BCUT2D eigenvalue weighted by atomic mass is 9.94. The Morgan fingerprint density at radius 1 is 1.14 bits per heavy atom. The molecule has 0 fully saturated rings. The molecule has 0 saturated heterocycles. The van der Waals surface area contributed by atoms with Crippen molar-refractivity contribution >= 4 is 18.1 Å². The first-order valence-corrected chi connectivity index (χ1v) is 7.89. The summed E-state index contributed by atoms with van der Waals surface area (Å²) in [6, 6.07) is 17.8. The standard InChI is InChI=1S/C19H24N2.ClH/c1-14-13-20-11-10-17-8-9-18(12-19(14)17)21-15(2)16-6-4-3-5-7-16;/h3-9,12,14-15,20-21H,10-11,13H2,1-2H3;1H/t14-,15+;/m1./s1. The third kappa shape index (κ3) is 3.82. The fourth-order valence-electron chi connectivity index (χ4n) is 3.10. The number of rotatable bonds is 3. The van der Waals surface area contributed by atoms with E-state index in [1.807, 2.05) is 0 Å². The number of hydrogen-bond donors (Lipinski definition) is 2. The maximum atomic E-state index is 3.63. The minimum absolute atomic E-state index is 0. The van der Waals surface area contributed by atoms with Crippen molar-refractivity contribution in [2.24, 2.45) is 0 Å². The van der Waals surface area contributed by atoms with Crippen molar-refractivity contribution in [3.05, 3.63) is 65.2 Å². The molecular formula is C19H25ClN2. The maximum absolute atomic E-state index is 3.63. The quantitative estimate of drug-likeness (QED) is 0.869. The largest absolute Gasteiger partial charge is 0.379 e. The second kappa shape index (κ2) is 7.66. The lowest BCUT2D eigenvalue weighted by Gasteiger charge is -2.19. The van der Waals surface area contributed by atoms with Crippen LogP contribution in [0.4, 0.5) is 5.69 Å². The van der Waals surface area contributed by atoms with Crippen molar-refractivity contribution in [3.8, 4) is 0 Å². The summed E-state index contributed by atoms with van der Waals surface area (Å²) < 4.78 is 0. The SMILES string of the molecule is C[C@@H]1CNCCc2ccc(N[C@@H](C)c3ccccc3)cc21.Cl. The van der Waals surface area contributed by atoms with Crippen LogP contribution in [0, 0.1) is 0 Å². The van der Waals surface area contributed by atoms with Crippen molar-refractivity contribution in [1.29, 1.82) is 0 Å². The number of benzene rings is 2. The molecule has 0 aromatic heterocycles. The van der Waals surface area contributed by atoms with E-state index in [0.29, 0.717) is 12.0 Å². The van der Waals surface area contributed by atoms with E-state index in [-0.39, 0.29) is 12.4 Å². The molecule has 1 aliphatic rings. The van der Waals surface area contributed by atoms with Gasteiger partial charge in [0, 0.05) is 18.3 Å². The second-order valence-electron chi connectivity index (χ2n) is 6.05. The van der Waals surface area contributed by atoms with Crippen LogP contribution >= 0.6 is 12.4 Å². The highest BCUT2D eigenvalue weighted by atomic mass is 35.5. The summed E-state index contributed by atoms with van der Waals surface area (Å²) in [4.78, 5) is 0. The van der Waals surface area contributed by atoms with E-state index in [1.54, 1.807) is 0 Å². The Bertz CT molecular complexity index is 598. The Morgan fingerprint density at radius 3 is 2.68 bits per heavy atom. The molecule has 3 rings (SSSR count). The molecule has 2 aromatic carbocycles. The van der Waals surface area contributed by atoms with Crippen LogP contribution in [0.3, 0.4) is 0 Å². The highest BCUT2D eigenvalue weighted by Crippen LogP contribution is 2.27. The van der Waals surface area contributed by atoms with Gasteiger partial charge in [0.25, 0.3) is 0 Å². The van der Waals surface area contributed by atoms with Gasteiger partial charge < -0.3 is 10.6 Å². The van der Waals surface area contributed by atoms with Gasteiger partial charge in [-0.3, -0.25) is 0 Å². The van der Waals surface area contributed by atoms with Gasteiger partial charge in [-0.15, -0.1) is 12.4 Å². The predicted molar refractivity (Wildman–Crippen MR) is 97.2 cm³/mol.